The van der Waals surface area contributed by atoms with E-state index in [1.54, 1.807) is 0 Å². The Bertz CT molecular complexity index is 1200. The normalized spacial score (nSPS) is 26.8. The van der Waals surface area contributed by atoms with Crippen molar-refractivity contribution < 1.29 is 9.59 Å². The fraction of sp³-hybridized carbons (Fsp3) is 0.261. The highest BCUT2D eigenvalue weighted by Gasteiger charge is 2.53. The molecule has 0 aliphatic carbocycles. The number of carbonyl (C=O) groups is 2. The molecular weight excluding hydrogens is 418 g/mol. The standard InChI is InChI=1S/C23H20ClN3O2S/c1-22(2)11-23(3,12-7-9-13(24)10-8-12)15-6-4-5-14-16(20(29)27(22)17(14)15)18-19(28)26-21(25)30-18/h4-10H,11H2,1-3H3,(H2,25,26,28)/b18-16-. The molecule has 2 N–H and O–H groups in total. The molecule has 1 atom stereocenters. The average molecular weight is 438 g/mol. The third-order valence-corrected chi connectivity index (χ3v) is 7.39. The molecule has 3 aliphatic heterocycles. The van der Waals surface area contributed by atoms with Gasteiger partial charge in [-0.15, -0.1) is 0 Å². The molecule has 2 aromatic carbocycles. The lowest BCUT2D eigenvalue weighted by Crippen LogP contribution is -2.54. The van der Waals surface area contributed by atoms with Gasteiger partial charge in [-0.1, -0.05) is 48.9 Å². The van der Waals surface area contributed by atoms with Crippen molar-refractivity contribution in [3.8, 4) is 0 Å². The monoisotopic (exact) mass is 437 g/mol. The third-order valence-electron chi connectivity index (χ3n) is 6.25. The van der Waals surface area contributed by atoms with Crippen molar-refractivity contribution in [1.82, 2.24) is 0 Å². The van der Waals surface area contributed by atoms with Crippen molar-refractivity contribution in [3.63, 3.8) is 0 Å². The first-order chi connectivity index (χ1) is 14.1. The second-order valence-corrected chi connectivity index (χ2v) is 10.2. The van der Waals surface area contributed by atoms with Crippen molar-refractivity contribution >= 4 is 51.6 Å². The minimum absolute atomic E-state index is 0.165. The van der Waals surface area contributed by atoms with E-state index in [2.05, 4.69) is 44.0 Å². The Morgan fingerprint density at radius 2 is 1.80 bits per heavy atom. The highest BCUT2D eigenvalue weighted by molar-refractivity contribution is 8.18. The third kappa shape index (κ3) is 2.53. The van der Waals surface area contributed by atoms with Crippen LogP contribution in [0.3, 0.4) is 0 Å². The molecule has 152 valence electrons. The van der Waals surface area contributed by atoms with Gasteiger partial charge in [0.15, 0.2) is 5.17 Å². The molecule has 0 saturated carbocycles. The number of amides is 2. The van der Waals surface area contributed by atoms with Gasteiger partial charge in [0.1, 0.15) is 0 Å². The van der Waals surface area contributed by atoms with E-state index in [4.69, 9.17) is 17.3 Å². The van der Waals surface area contributed by atoms with Gasteiger partial charge >= 0.3 is 0 Å². The number of hydrogen-bond donors (Lipinski definition) is 1. The van der Waals surface area contributed by atoms with E-state index >= 15 is 0 Å². The lowest BCUT2D eigenvalue weighted by atomic mass is 9.65. The highest BCUT2D eigenvalue weighted by atomic mass is 35.5. The molecule has 3 aliphatic rings. The smallest absolute Gasteiger partial charge is 0.287 e. The summed E-state index contributed by atoms with van der Waals surface area (Å²) in [4.78, 5) is 32.0. The number of nitrogens with zero attached hydrogens (tertiary/aromatic N) is 2. The number of benzene rings is 2. The Kier molecular flexibility index (Phi) is 4.02. The molecule has 0 radical (unpaired) electrons. The zero-order chi connectivity index (χ0) is 21.4. The van der Waals surface area contributed by atoms with E-state index in [-0.39, 0.29) is 16.5 Å². The summed E-state index contributed by atoms with van der Waals surface area (Å²) in [7, 11) is 0. The van der Waals surface area contributed by atoms with Crippen molar-refractivity contribution in [2.45, 2.75) is 38.1 Å². The maximum absolute atomic E-state index is 13.6. The van der Waals surface area contributed by atoms with E-state index in [1.165, 1.54) is 0 Å². The first kappa shape index (κ1) is 19.4. The van der Waals surface area contributed by atoms with Crippen LogP contribution in [0.4, 0.5) is 5.69 Å². The SMILES string of the molecule is CC1(c2ccc(Cl)cc2)CC(C)(C)N2C(=O)/C(=C3\SC(N)=NC3=O)c3cccc1c32. The number of carbonyl (C=O) groups excluding carboxylic acids is 2. The van der Waals surface area contributed by atoms with Crippen molar-refractivity contribution in [1.29, 1.82) is 0 Å². The van der Waals surface area contributed by atoms with Gasteiger partial charge in [0.25, 0.3) is 11.8 Å². The summed E-state index contributed by atoms with van der Waals surface area (Å²) in [6.07, 6.45) is 0.728. The van der Waals surface area contributed by atoms with Crippen LogP contribution in [0, 0.1) is 0 Å². The lowest BCUT2D eigenvalue weighted by molar-refractivity contribution is -0.115. The zero-order valence-electron chi connectivity index (χ0n) is 16.8. The maximum Gasteiger partial charge on any atom is 0.287 e. The summed E-state index contributed by atoms with van der Waals surface area (Å²) in [5.74, 6) is -0.613. The minimum Gasteiger partial charge on any atom is -0.378 e. The molecule has 0 bridgehead atoms. The molecule has 30 heavy (non-hydrogen) atoms. The topological polar surface area (TPSA) is 75.8 Å². The van der Waals surface area contributed by atoms with Gasteiger partial charge in [-0.05, 0) is 55.3 Å². The number of rotatable bonds is 1. The largest absolute Gasteiger partial charge is 0.378 e. The Labute approximate surface area is 184 Å². The van der Waals surface area contributed by atoms with Gasteiger partial charge in [-0.2, -0.15) is 4.99 Å². The van der Waals surface area contributed by atoms with Crippen LogP contribution in [0.15, 0.2) is 52.4 Å². The van der Waals surface area contributed by atoms with Gasteiger partial charge in [0, 0.05) is 21.5 Å². The quantitative estimate of drug-likeness (QED) is 0.667. The molecule has 2 amide bonds. The predicted octanol–water partition coefficient (Wildman–Crippen LogP) is 4.47. The number of anilines is 1. The van der Waals surface area contributed by atoms with E-state index in [0.29, 0.717) is 15.5 Å². The van der Waals surface area contributed by atoms with Gasteiger partial charge in [-0.3, -0.25) is 9.59 Å². The summed E-state index contributed by atoms with van der Waals surface area (Å²) < 4.78 is 0. The van der Waals surface area contributed by atoms with E-state index in [1.807, 2.05) is 29.2 Å². The molecular formula is C23H20ClN3O2S. The van der Waals surface area contributed by atoms with Crippen molar-refractivity contribution in [2.75, 3.05) is 4.90 Å². The molecule has 7 heteroatoms. The molecule has 0 saturated heterocycles. The molecule has 5 rings (SSSR count). The summed E-state index contributed by atoms with van der Waals surface area (Å²) >= 11 is 7.20. The van der Waals surface area contributed by atoms with Crippen LogP contribution in [0.1, 0.15) is 43.9 Å². The number of halogens is 1. The van der Waals surface area contributed by atoms with Gasteiger partial charge in [0.2, 0.25) is 0 Å². The fourth-order valence-electron chi connectivity index (χ4n) is 5.15. The Hall–Kier alpha value is -2.57. The number of thioether (sulfide) groups is 1. The van der Waals surface area contributed by atoms with Crippen LogP contribution >= 0.6 is 23.4 Å². The molecule has 0 spiro atoms. The molecule has 2 aromatic rings. The summed E-state index contributed by atoms with van der Waals surface area (Å²) in [6.45, 7) is 6.35. The van der Waals surface area contributed by atoms with Crippen LogP contribution in [0.5, 0.6) is 0 Å². The Morgan fingerprint density at radius 1 is 1.10 bits per heavy atom. The Morgan fingerprint density at radius 3 is 2.43 bits per heavy atom. The molecule has 0 fully saturated rings. The Balaban J connectivity index is 1.79. The van der Waals surface area contributed by atoms with Crippen molar-refractivity contribution in [3.05, 3.63) is 69.1 Å². The summed E-state index contributed by atoms with van der Waals surface area (Å²) in [6, 6.07) is 13.8. The number of amidine groups is 1. The average Bonchev–Trinajstić information content (AvgIpc) is 3.15. The number of hydrogen-bond acceptors (Lipinski definition) is 4. The fourth-order valence-corrected chi connectivity index (χ4v) is 6.05. The number of aliphatic imine (C=N–C) groups is 1. The van der Waals surface area contributed by atoms with E-state index in [0.717, 1.165) is 40.6 Å². The van der Waals surface area contributed by atoms with Crippen LogP contribution in [-0.4, -0.2) is 22.5 Å². The van der Waals surface area contributed by atoms with E-state index in [9.17, 15) is 9.59 Å². The first-order valence-corrected chi connectivity index (χ1v) is 10.9. The molecule has 1 unspecified atom stereocenters. The van der Waals surface area contributed by atoms with Crippen LogP contribution in [0.2, 0.25) is 5.02 Å². The predicted molar refractivity (Wildman–Crippen MR) is 122 cm³/mol. The number of para-hydroxylation sites is 1. The zero-order valence-corrected chi connectivity index (χ0v) is 18.4. The molecule has 5 nitrogen and oxygen atoms in total. The second kappa shape index (κ2) is 6.22. The van der Waals surface area contributed by atoms with Crippen LogP contribution < -0.4 is 10.6 Å². The highest BCUT2D eigenvalue weighted by Crippen LogP contribution is 2.57. The minimum atomic E-state index is -0.463. The second-order valence-electron chi connectivity index (χ2n) is 8.73. The maximum atomic E-state index is 13.6. The van der Waals surface area contributed by atoms with E-state index < -0.39 is 11.4 Å². The van der Waals surface area contributed by atoms with Gasteiger partial charge < -0.3 is 10.6 Å². The van der Waals surface area contributed by atoms with Gasteiger partial charge in [-0.25, -0.2) is 0 Å². The summed E-state index contributed by atoms with van der Waals surface area (Å²) in [5, 5.41) is 0.862. The van der Waals surface area contributed by atoms with Crippen molar-refractivity contribution in [2.24, 2.45) is 10.7 Å². The van der Waals surface area contributed by atoms with Gasteiger partial charge in [0.05, 0.1) is 16.2 Å². The van der Waals surface area contributed by atoms with Crippen LogP contribution in [0.25, 0.3) is 5.57 Å². The number of nitrogens with two attached hydrogens (primary N) is 1. The molecule has 3 heterocycles. The summed E-state index contributed by atoms with van der Waals surface area (Å²) in [5.41, 5.74) is 9.23. The lowest BCUT2D eigenvalue weighted by Gasteiger charge is -2.49. The van der Waals surface area contributed by atoms with Crippen LogP contribution in [-0.2, 0) is 15.0 Å². The first-order valence-electron chi connectivity index (χ1n) is 9.68. The molecule has 0 aromatic heterocycles.